The van der Waals surface area contributed by atoms with E-state index in [1.807, 2.05) is 0 Å². The molecule has 0 aromatic carbocycles. The van der Waals surface area contributed by atoms with Crippen molar-refractivity contribution < 1.29 is 9.90 Å². The van der Waals surface area contributed by atoms with Gasteiger partial charge in [-0.3, -0.25) is 4.79 Å². The average molecular weight is 199 g/mol. The van der Waals surface area contributed by atoms with Crippen molar-refractivity contribution in [3.8, 4) is 0 Å². The number of hydrogen-bond donors (Lipinski definition) is 2. The average Bonchev–Trinajstić information content (AvgIpc) is 2.79. The van der Waals surface area contributed by atoms with Crippen molar-refractivity contribution in [2.75, 3.05) is 6.54 Å². The molecule has 0 aliphatic heterocycles. The lowest BCUT2D eigenvalue weighted by Crippen LogP contribution is -2.28. The monoisotopic (exact) mass is 199 g/mol. The number of hydrogen-bond acceptors (Lipinski definition) is 2. The zero-order valence-corrected chi connectivity index (χ0v) is 9.34. The molecule has 3 N–H and O–H groups in total. The molecule has 0 amide bonds. The van der Waals surface area contributed by atoms with Crippen molar-refractivity contribution >= 4 is 5.97 Å². The summed E-state index contributed by atoms with van der Waals surface area (Å²) in [6.45, 7) is 6.81. The molecule has 0 saturated heterocycles. The molecule has 0 aromatic rings. The summed E-state index contributed by atoms with van der Waals surface area (Å²) in [7, 11) is 0. The lowest BCUT2D eigenvalue weighted by Gasteiger charge is -2.23. The number of rotatable bonds is 5. The van der Waals surface area contributed by atoms with Crippen LogP contribution in [0, 0.1) is 16.7 Å². The van der Waals surface area contributed by atoms with E-state index in [1.54, 1.807) is 0 Å². The fourth-order valence-corrected chi connectivity index (χ4v) is 2.06. The van der Waals surface area contributed by atoms with Gasteiger partial charge in [-0.15, -0.1) is 0 Å². The minimum atomic E-state index is -0.711. The molecule has 1 rings (SSSR count). The Labute approximate surface area is 85.7 Å². The van der Waals surface area contributed by atoms with Crippen LogP contribution in [0.1, 0.15) is 40.0 Å². The predicted molar refractivity (Wildman–Crippen MR) is 55.9 cm³/mol. The Kier molecular flexibility index (Phi) is 2.91. The number of carboxylic acids is 1. The summed E-state index contributed by atoms with van der Waals surface area (Å²) < 4.78 is 0. The first-order valence-electron chi connectivity index (χ1n) is 5.31. The molecule has 0 spiro atoms. The summed E-state index contributed by atoms with van der Waals surface area (Å²) in [4.78, 5) is 11.0. The highest BCUT2D eigenvalue weighted by atomic mass is 16.4. The van der Waals surface area contributed by atoms with E-state index in [2.05, 4.69) is 20.8 Å². The highest BCUT2D eigenvalue weighted by molar-refractivity contribution is 5.79. The zero-order chi connectivity index (χ0) is 11.0. The van der Waals surface area contributed by atoms with Gasteiger partial charge in [-0.25, -0.2) is 0 Å². The van der Waals surface area contributed by atoms with Gasteiger partial charge in [0.25, 0.3) is 0 Å². The van der Waals surface area contributed by atoms with Gasteiger partial charge in [0.1, 0.15) is 0 Å². The molecular weight excluding hydrogens is 178 g/mol. The van der Waals surface area contributed by atoms with Crippen molar-refractivity contribution in [1.29, 1.82) is 0 Å². The van der Waals surface area contributed by atoms with Crippen molar-refractivity contribution in [1.82, 2.24) is 0 Å². The Balaban J connectivity index is 2.57. The van der Waals surface area contributed by atoms with Crippen LogP contribution < -0.4 is 5.73 Å². The summed E-state index contributed by atoms with van der Waals surface area (Å²) in [6.07, 6.45) is 2.83. The molecule has 3 nitrogen and oxygen atoms in total. The molecular formula is C11H21NO2. The molecule has 1 aliphatic carbocycles. The van der Waals surface area contributed by atoms with Gasteiger partial charge in [-0.2, -0.15) is 0 Å². The van der Waals surface area contributed by atoms with Gasteiger partial charge in [0, 0.05) is 6.54 Å². The normalized spacial score (nSPS) is 31.6. The quantitative estimate of drug-likeness (QED) is 0.710. The highest BCUT2D eigenvalue weighted by Gasteiger charge is 2.59. The molecule has 0 bridgehead atoms. The van der Waals surface area contributed by atoms with Crippen LogP contribution in [0.5, 0.6) is 0 Å². The van der Waals surface area contributed by atoms with Crippen LogP contribution in [-0.2, 0) is 4.79 Å². The van der Waals surface area contributed by atoms with E-state index in [0.29, 0.717) is 5.92 Å². The van der Waals surface area contributed by atoms with Crippen LogP contribution in [0.15, 0.2) is 0 Å². The molecule has 2 unspecified atom stereocenters. The largest absolute Gasteiger partial charge is 0.481 e. The summed E-state index contributed by atoms with van der Waals surface area (Å²) >= 11 is 0. The van der Waals surface area contributed by atoms with E-state index >= 15 is 0 Å². The Morgan fingerprint density at radius 3 is 2.50 bits per heavy atom. The molecule has 1 aliphatic rings. The second kappa shape index (κ2) is 3.54. The first-order chi connectivity index (χ1) is 6.38. The molecule has 2 atom stereocenters. The first kappa shape index (κ1) is 11.5. The van der Waals surface area contributed by atoms with Gasteiger partial charge in [0.15, 0.2) is 0 Å². The van der Waals surface area contributed by atoms with Crippen LogP contribution in [0.2, 0.25) is 0 Å². The highest BCUT2D eigenvalue weighted by Crippen LogP contribution is 2.57. The van der Waals surface area contributed by atoms with E-state index in [1.165, 1.54) is 0 Å². The topological polar surface area (TPSA) is 63.3 Å². The first-order valence-corrected chi connectivity index (χ1v) is 5.31. The Morgan fingerprint density at radius 2 is 2.21 bits per heavy atom. The van der Waals surface area contributed by atoms with Crippen LogP contribution in [0.3, 0.4) is 0 Å². The second-order valence-corrected chi connectivity index (χ2v) is 5.29. The molecule has 3 heteroatoms. The van der Waals surface area contributed by atoms with Gasteiger partial charge < -0.3 is 10.8 Å². The van der Waals surface area contributed by atoms with E-state index in [4.69, 9.17) is 10.8 Å². The lowest BCUT2D eigenvalue weighted by atomic mass is 9.82. The molecule has 82 valence electrons. The minimum absolute atomic E-state index is 0.247. The summed E-state index contributed by atoms with van der Waals surface area (Å²) in [5.41, 5.74) is 5.20. The maximum absolute atomic E-state index is 11.0. The van der Waals surface area contributed by atoms with E-state index < -0.39 is 11.4 Å². The van der Waals surface area contributed by atoms with Gasteiger partial charge in [-0.05, 0) is 24.2 Å². The van der Waals surface area contributed by atoms with Gasteiger partial charge in [0.2, 0.25) is 0 Å². The smallest absolute Gasteiger partial charge is 0.311 e. The zero-order valence-electron chi connectivity index (χ0n) is 9.34. The second-order valence-electron chi connectivity index (χ2n) is 5.29. The van der Waals surface area contributed by atoms with Gasteiger partial charge in [-0.1, -0.05) is 27.2 Å². The van der Waals surface area contributed by atoms with Gasteiger partial charge in [0.05, 0.1) is 5.41 Å². The molecule has 0 radical (unpaired) electrons. The summed E-state index contributed by atoms with van der Waals surface area (Å²) in [5.74, 6) is -0.420. The fraction of sp³-hybridized carbons (Fsp3) is 0.909. The third-order valence-electron chi connectivity index (χ3n) is 3.78. The summed E-state index contributed by atoms with van der Waals surface area (Å²) in [6, 6.07) is 0. The number of carbonyl (C=O) groups is 1. The van der Waals surface area contributed by atoms with E-state index in [9.17, 15) is 4.79 Å². The van der Waals surface area contributed by atoms with Crippen LogP contribution in [0.4, 0.5) is 0 Å². The van der Waals surface area contributed by atoms with Crippen LogP contribution in [-0.4, -0.2) is 17.6 Å². The van der Waals surface area contributed by atoms with Crippen LogP contribution in [0.25, 0.3) is 0 Å². The SMILES string of the molecule is CCC(C)(C)CC1CC1(CN)C(=O)O. The minimum Gasteiger partial charge on any atom is -0.481 e. The third kappa shape index (κ3) is 1.92. The van der Waals surface area contributed by atoms with Crippen molar-refractivity contribution in [3.63, 3.8) is 0 Å². The summed E-state index contributed by atoms with van der Waals surface area (Å²) in [5, 5.41) is 9.06. The molecule has 0 heterocycles. The van der Waals surface area contributed by atoms with Crippen LogP contribution >= 0.6 is 0 Å². The standard InChI is InChI=1S/C11H21NO2/c1-4-10(2,3)5-8-6-11(8,7-12)9(13)14/h8H,4-7,12H2,1-3H3,(H,13,14). The lowest BCUT2D eigenvalue weighted by molar-refractivity contribution is -0.143. The van der Waals surface area contributed by atoms with E-state index in [-0.39, 0.29) is 12.0 Å². The number of carboxylic acid groups (broad SMARTS) is 1. The third-order valence-corrected chi connectivity index (χ3v) is 3.78. The maximum Gasteiger partial charge on any atom is 0.311 e. The van der Waals surface area contributed by atoms with Gasteiger partial charge >= 0.3 is 5.97 Å². The maximum atomic E-state index is 11.0. The Bertz CT molecular complexity index is 237. The van der Waals surface area contributed by atoms with Crippen molar-refractivity contribution in [3.05, 3.63) is 0 Å². The molecule has 14 heavy (non-hydrogen) atoms. The molecule has 1 fully saturated rings. The number of nitrogens with two attached hydrogens (primary N) is 1. The fourth-order valence-electron chi connectivity index (χ4n) is 2.06. The molecule has 1 saturated carbocycles. The Hall–Kier alpha value is -0.570. The number of aliphatic carboxylic acids is 1. The van der Waals surface area contributed by atoms with E-state index in [0.717, 1.165) is 19.3 Å². The van der Waals surface area contributed by atoms with Crippen molar-refractivity contribution in [2.24, 2.45) is 22.5 Å². The Morgan fingerprint density at radius 1 is 1.64 bits per heavy atom. The van der Waals surface area contributed by atoms with Crippen molar-refractivity contribution in [2.45, 2.75) is 40.0 Å². The molecule has 0 aromatic heterocycles. The predicted octanol–water partition coefficient (Wildman–Crippen LogP) is 1.86.